The summed E-state index contributed by atoms with van der Waals surface area (Å²) in [7, 11) is -4.00. The molecule has 0 aliphatic heterocycles. The highest BCUT2D eigenvalue weighted by Crippen LogP contribution is 2.28. The Kier molecular flexibility index (Phi) is 5.39. The number of aromatic hydroxyl groups is 1. The van der Waals surface area contributed by atoms with Gasteiger partial charge in [-0.3, -0.25) is 9.52 Å². The summed E-state index contributed by atoms with van der Waals surface area (Å²) in [6, 6.07) is 12.4. The molecule has 0 aliphatic carbocycles. The molecular formula is C18H14ClN3O5S. The van der Waals surface area contributed by atoms with Crippen LogP contribution in [-0.4, -0.2) is 19.4 Å². The lowest BCUT2D eigenvalue weighted by Gasteiger charge is -2.12. The molecule has 2 aromatic carbocycles. The van der Waals surface area contributed by atoms with Gasteiger partial charge in [-0.15, -0.1) is 0 Å². The Bertz CT molecular complexity index is 1150. The summed E-state index contributed by atoms with van der Waals surface area (Å²) in [5.41, 5.74) is 0.179. The van der Waals surface area contributed by atoms with Crippen molar-refractivity contribution in [1.82, 2.24) is 0 Å². The van der Waals surface area contributed by atoms with Gasteiger partial charge in [0.15, 0.2) is 12.4 Å². The SMILES string of the molecule is O=C(Nc1cc(S(=O)(=O)Nc2cccc(Cl)c2)ccc1O)c1ccc[n+]([O-])c1. The van der Waals surface area contributed by atoms with Crippen LogP contribution in [0.2, 0.25) is 5.02 Å². The van der Waals surface area contributed by atoms with Crippen molar-refractivity contribution in [2.45, 2.75) is 4.90 Å². The third kappa shape index (κ3) is 4.51. The number of aromatic nitrogens is 1. The second-order valence-corrected chi connectivity index (χ2v) is 7.82. The van der Waals surface area contributed by atoms with E-state index < -0.39 is 15.9 Å². The Hall–Kier alpha value is -3.30. The minimum Gasteiger partial charge on any atom is -0.619 e. The number of halogens is 1. The summed E-state index contributed by atoms with van der Waals surface area (Å²) in [4.78, 5) is 12.1. The lowest BCUT2D eigenvalue weighted by atomic mass is 10.2. The Labute approximate surface area is 165 Å². The normalized spacial score (nSPS) is 11.0. The third-order valence-electron chi connectivity index (χ3n) is 3.64. The van der Waals surface area contributed by atoms with Crippen molar-refractivity contribution in [2.24, 2.45) is 0 Å². The number of carbonyl (C=O) groups excluding carboxylic acids is 1. The number of carbonyl (C=O) groups is 1. The molecule has 3 rings (SSSR count). The Morgan fingerprint density at radius 1 is 1.11 bits per heavy atom. The quantitative estimate of drug-likeness (QED) is 0.333. The van der Waals surface area contributed by atoms with E-state index in [0.29, 0.717) is 9.75 Å². The molecule has 0 radical (unpaired) electrons. The first kappa shape index (κ1) is 19.5. The van der Waals surface area contributed by atoms with Crippen LogP contribution in [0.25, 0.3) is 0 Å². The number of hydrogen-bond donors (Lipinski definition) is 3. The fourth-order valence-electron chi connectivity index (χ4n) is 2.33. The lowest BCUT2D eigenvalue weighted by Crippen LogP contribution is -2.27. The van der Waals surface area contributed by atoms with Gasteiger partial charge >= 0.3 is 0 Å². The first-order valence-electron chi connectivity index (χ1n) is 7.86. The van der Waals surface area contributed by atoms with E-state index in [0.717, 1.165) is 18.3 Å². The molecule has 1 aromatic heterocycles. The number of amides is 1. The molecule has 3 aromatic rings. The molecule has 0 aliphatic rings. The van der Waals surface area contributed by atoms with E-state index in [1.54, 1.807) is 12.1 Å². The Balaban J connectivity index is 1.87. The van der Waals surface area contributed by atoms with Crippen molar-refractivity contribution in [1.29, 1.82) is 0 Å². The highest BCUT2D eigenvalue weighted by molar-refractivity contribution is 7.92. The van der Waals surface area contributed by atoms with Crippen molar-refractivity contribution in [3.63, 3.8) is 0 Å². The average molecular weight is 420 g/mol. The van der Waals surface area contributed by atoms with Gasteiger partial charge in [0.05, 0.1) is 16.3 Å². The summed E-state index contributed by atoms with van der Waals surface area (Å²) in [5.74, 6) is -1.01. The first-order valence-corrected chi connectivity index (χ1v) is 9.72. The number of hydrogen-bond acceptors (Lipinski definition) is 5. The van der Waals surface area contributed by atoms with Crippen LogP contribution in [0.1, 0.15) is 10.4 Å². The van der Waals surface area contributed by atoms with Gasteiger partial charge in [-0.1, -0.05) is 17.7 Å². The number of phenolic OH excluding ortho intramolecular Hbond substituents is 1. The zero-order valence-corrected chi connectivity index (χ0v) is 15.7. The molecule has 0 unspecified atom stereocenters. The molecule has 8 nitrogen and oxygen atoms in total. The van der Waals surface area contributed by atoms with E-state index in [1.165, 1.54) is 36.5 Å². The van der Waals surface area contributed by atoms with Crippen LogP contribution in [0, 0.1) is 5.21 Å². The van der Waals surface area contributed by atoms with Crippen LogP contribution in [0.3, 0.4) is 0 Å². The second-order valence-electron chi connectivity index (χ2n) is 5.70. The van der Waals surface area contributed by atoms with Crippen LogP contribution < -0.4 is 14.8 Å². The average Bonchev–Trinajstić information content (AvgIpc) is 2.63. The van der Waals surface area contributed by atoms with E-state index >= 15 is 0 Å². The van der Waals surface area contributed by atoms with Crippen LogP contribution in [0.15, 0.2) is 71.9 Å². The fourth-order valence-corrected chi connectivity index (χ4v) is 3.60. The number of nitrogens with one attached hydrogen (secondary N) is 2. The molecule has 0 spiro atoms. The Morgan fingerprint density at radius 2 is 1.89 bits per heavy atom. The summed E-state index contributed by atoms with van der Waals surface area (Å²) in [6.07, 6.45) is 2.26. The molecule has 3 N–H and O–H groups in total. The molecule has 1 heterocycles. The first-order chi connectivity index (χ1) is 13.2. The van der Waals surface area contributed by atoms with Crippen molar-refractivity contribution < 1.29 is 23.0 Å². The van der Waals surface area contributed by atoms with E-state index in [4.69, 9.17) is 11.6 Å². The molecule has 144 valence electrons. The minimum atomic E-state index is -4.00. The monoisotopic (exact) mass is 419 g/mol. The number of rotatable bonds is 5. The minimum absolute atomic E-state index is 0.0437. The maximum absolute atomic E-state index is 12.6. The van der Waals surface area contributed by atoms with Crippen LogP contribution in [0.4, 0.5) is 11.4 Å². The maximum atomic E-state index is 12.6. The summed E-state index contributed by atoms with van der Waals surface area (Å²) < 4.78 is 28.0. The largest absolute Gasteiger partial charge is 0.619 e. The molecular weight excluding hydrogens is 406 g/mol. The molecule has 0 bridgehead atoms. The lowest BCUT2D eigenvalue weighted by molar-refractivity contribution is -0.605. The van der Waals surface area contributed by atoms with Crippen LogP contribution in [0.5, 0.6) is 5.75 Å². The molecule has 0 fully saturated rings. The van der Waals surface area contributed by atoms with E-state index in [2.05, 4.69) is 10.0 Å². The summed E-state index contributed by atoms with van der Waals surface area (Å²) in [6.45, 7) is 0. The number of sulfonamides is 1. The van der Waals surface area contributed by atoms with Crippen LogP contribution in [-0.2, 0) is 10.0 Å². The highest BCUT2D eigenvalue weighted by atomic mass is 35.5. The number of pyridine rings is 1. The zero-order valence-electron chi connectivity index (χ0n) is 14.2. The van der Waals surface area contributed by atoms with Crippen molar-refractivity contribution >= 4 is 38.9 Å². The molecule has 0 saturated carbocycles. The fraction of sp³-hybridized carbons (Fsp3) is 0. The molecule has 0 atom stereocenters. The number of benzene rings is 2. The van der Waals surface area contributed by atoms with E-state index in [-0.39, 0.29) is 27.6 Å². The second kappa shape index (κ2) is 7.75. The predicted molar refractivity (Wildman–Crippen MR) is 104 cm³/mol. The zero-order chi connectivity index (χ0) is 20.3. The Morgan fingerprint density at radius 3 is 2.61 bits per heavy atom. The molecule has 1 amide bonds. The van der Waals surface area contributed by atoms with Crippen molar-refractivity contribution in [2.75, 3.05) is 10.0 Å². The van der Waals surface area contributed by atoms with Gasteiger partial charge in [-0.05, 0) is 42.5 Å². The molecule has 28 heavy (non-hydrogen) atoms. The van der Waals surface area contributed by atoms with Crippen LogP contribution >= 0.6 is 11.6 Å². The van der Waals surface area contributed by atoms with Gasteiger partial charge in [0.25, 0.3) is 15.9 Å². The highest BCUT2D eigenvalue weighted by Gasteiger charge is 2.18. The van der Waals surface area contributed by atoms with E-state index in [9.17, 15) is 23.5 Å². The van der Waals surface area contributed by atoms with Crippen molar-refractivity contribution in [3.8, 4) is 5.75 Å². The summed E-state index contributed by atoms with van der Waals surface area (Å²) in [5, 5.41) is 24.0. The van der Waals surface area contributed by atoms with Gasteiger partial charge < -0.3 is 15.6 Å². The third-order valence-corrected chi connectivity index (χ3v) is 5.25. The predicted octanol–water partition coefficient (Wildman–Crippen LogP) is 2.73. The van der Waals surface area contributed by atoms with Gasteiger partial charge in [0, 0.05) is 11.1 Å². The number of nitrogens with zero attached hydrogens (tertiary/aromatic N) is 1. The number of phenols is 1. The summed E-state index contributed by atoms with van der Waals surface area (Å²) >= 11 is 5.85. The smallest absolute Gasteiger partial charge is 0.261 e. The van der Waals surface area contributed by atoms with Gasteiger partial charge in [-0.25, -0.2) is 8.42 Å². The van der Waals surface area contributed by atoms with Crippen molar-refractivity contribution in [3.05, 3.63) is 82.8 Å². The number of anilines is 2. The maximum Gasteiger partial charge on any atom is 0.261 e. The van der Waals surface area contributed by atoms with Gasteiger partial charge in [0.2, 0.25) is 0 Å². The van der Waals surface area contributed by atoms with E-state index in [1.807, 2.05) is 0 Å². The van der Waals surface area contributed by atoms with Gasteiger partial charge in [0.1, 0.15) is 11.3 Å². The standard InChI is InChI=1S/C18H14ClN3O5S/c19-13-4-1-5-14(9-13)21-28(26,27)15-6-7-17(23)16(10-15)20-18(24)12-3-2-8-22(25)11-12/h1-11,21,23H,(H,20,24). The molecule has 10 heteroatoms. The van der Waals surface area contributed by atoms with Gasteiger partial charge in [-0.2, -0.15) is 4.73 Å². The molecule has 0 saturated heterocycles. The topological polar surface area (TPSA) is 122 Å².